The van der Waals surface area contributed by atoms with Gasteiger partial charge in [-0.05, 0) is 0 Å². The van der Waals surface area contributed by atoms with Crippen LogP contribution in [0, 0.1) is 0 Å². The molecule has 0 radical (unpaired) electrons. The van der Waals surface area contributed by atoms with E-state index in [1.807, 2.05) is 12.4 Å². The summed E-state index contributed by atoms with van der Waals surface area (Å²) in [6, 6.07) is 74.1. The molecular formula is C48H40Br2N2P2. The molecule has 0 aliphatic heterocycles. The van der Waals surface area contributed by atoms with Crippen LogP contribution in [0.3, 0.4) is 0 Å². The molecule has 0 unspecified atom stereocenters. The molecule has 266 valence electrons. The Bertz CT molecular complexity index is 2070. The third-order valence-corrected chi connectivity index (χ3v) is 29.7. The van der Waals surface area contributed by atoms with Crippen molar-refractivity contribution in [3.8, 4) is 11.4 Å². The van der Waals surface area contributed by atoms with Gasteiger partial charge in [0.1, 0.15) is 0 Å². The standard InChI is InChI=1S/C48H40Br2N2P2/c49-53(41-19-7-1-8-20-41,42-21-9-2-10-22-42,43-23-11-3-12-24-43)37-39-31-33-47(51-35-39)48-34-32-40(36-52-48)38-54(50,44-25-13-4-14-26-44,45-27-15-5-16-28-45)46-29-17-6-18-30-46/h1-36H,37-38H2. The van der Waals surface area contributed by atoms with Crippen molar-refractivity contribution >= 4 is 73.4 Å². The molecule has 0 bridgehead atoms. The van der Waals surface area contributed by atoms with Crippen molar-refractivity contribution in [2.75, 3.05) is 0 Å². The van der Waals surface area contributed by atoms with Gasteiger partial charge in [0.25, 0.3) is 0 Å². The van der Waals surface area contributed by atoms with E-state index in [4.69, 9.17) is 9.97 Å². The fourth-order valence-corrected chi connectivity index (χ4v) is 23.3. The van der Waals surface area contributed by atoms with Crippen LogP contribution in [0.25, 0.3) is 11.4 Å². The SMILES string of the molecule is BrP(Cc1ccc(-c2ccc(CP(Br)(c3ccccc3)(c3ccccc3)c3ccccc3)cn2)nc1)(c1ccccc1)(c1ccccc1)c1ccccc1. The Morgan fingerprint density at radius 3 is 0.704 bits per heavy atom. The fraction of sp³-hybridized carbons (Fsp3) is 0.0417. The molecule has 0 amide bonds. The van der Waals surface area contributed by atoms with Gasteiger partial charge in [-0.2, -0.15) is 0 Å². The number of benzene rings is 6. The van der Waals surface area contributed by atoms with E-state index in [2.05, 4.69) is 237 Å². The van der Waals surface area contributed by atoms with Gasteiger partial charge in [0.15, 0.2) is 0 Å². The predicted octanol–water partition coefficient (Wildman–Crippen LogP) is 10.8. The molecule has 0 fully saturated rings. The van der Waals surface area contributed by atoms with Crippen LogP contribution in [-0.4, -0.2) is 9.97 Å². The maximum absolute atomic E-state index is 5.04. The number of halogens is 2. The molecule has 2 nitrogen and oxygen atoms in total. The molecule has 0 spiro atoms. The van der Waals surface area contributed by atoms with Crippen molar-refractivity contribution in [1.82, 2.24) is 9.97 Å². The molecule has 2 aromatic heterocycles. The van der Waals surface area contributed by atoms with Crippen molar-refractivity contribution in [2.24, 2.45) is 0 Å². The van der Waals surface area contributed by atoms with Crippen molar-refractivity contribution in [2.45, 2.75) is 12.3 Å². The molecule has 0 saturated carbocycles. The monoisotopic (exact) mass is 864 g/mol. The molecule has 6 heteroatoms. The van der Waals surface area contributed by atoms with Crippen LogP contribution >= 0.6 is 41.6 Å². The Morgan fingerprint density at radius 1 is 0.296 bits per heavy atom. The topological polar surface area (TPSA) is 25.8 Å². The average molecular weight is 867 g/mol. The van der Waals surface area contributed by atoms with Crippen LogP contribution < -0.4 is 31.8 Å². The summed E-state index contributed by atoms with van der Waals surface area (Å²) in [5, 5.41) is 1.41. The summed E-state index contributed by atoms with van der Waals surface area (Å²) >= 11 is 9.19. The van der Waals surface area contributed by atoms with Crippen LogP contribution in [0.15, 0.2) is 219 Å². The number of hydrogen-bond donors (Lipinski definition) is 0. The summed E-state index contributed by atoms with van der Waals surface area (Å²) in [5.41, 5.74) is 4.02. The van der Waals surface area contributed by atoms with Gasteiger partial charge in [0.05, 0.1) is 0 Å². The molecule has 0 N–H and O–H groups in total. The number of hydrogen-bond acceptors (Lipinski definition) is 2. The molecule has 6 aromatic carbocycles. The van der Waals surface area contributed by atoms with Crippen LogP contribution in [0.2, 0.25) is 0 Å². The van der Waals surface area contributed by atoms with Crippen molar-refractivity contribution in [1.29, 1.82) is 0 Å². The van der Waals surface area contributed by atoms with Crippen molar-refractivity contribution in [3.63, 3.8) is 0 Å². The van der Waals surface area contributed by atoms with Gasteiger partial charge in [-0.25, -0.2) is 0 Å². The first kappa shape index (κ1) is 36.4. The zero-order valence-corrected chi connectivity index (χ0v) is 34.7. The zero-order chi connectivity index (χ0) is 37.0. The van der Waals surface area contributed by atoms with Crippen LogP contribution in [0.5, 0.6) is 0 Å². The van der Waals surface area contributed by atoms with Gasteiger partial charge in [-0.3, -0.25) is 0 Å². The first-order valence-corrected chi connectivity index (χ1v) is 27.0. The fourth-order valence-electron chi connectivity index (χ4n) is 7.90. The molecule has 8 aromatic rings. The Balaban J connectivity index is 1.16. The first-order chi connectivity index (χ1) is 26.4. The van der Waals surface area contributed by atoms with Crippen LogP contribution in [-0.2, 0) is 12.3 Å². The summed E-state index contributed by atoms with van der Waals surface area (Å²) in [6.45, 7) is 0. The minimum atomic E-state index is -3.15. The molecule has 0 saturated heterocycles. The number of pyridine rings is 2. The van der Waals surface area contributed by atoms with E-state index in [1.165, 1.54) is 31.8 Å². The Morgan fingerprint density at radius 2 is 0.519 bits per heavy atom. The van der Waals surface area contributed by atoms with Gasteiger partial charge in [0.2, 0.25) is 0 Å². The number of nitrogens with zero attached hydrogens (tertiary/aromatic N) is 2. The van der Waals surface area contributed by atoms with E-state index in [-0.39, 0.29) is 0 Å². The third-order valence-electron chi connectivity index (χ3n) is 10.6. The summed E-state index contributed by atoms with van der Waals surface area (Å²) in [5.74, 6) is 0. The molecule has 54 heavy (non-hydrogen) atoms. The average Bonchev–Trinajstić information content (AvgIpc) is 3.26. The zero-order valence-electron chi connectivity index (χ0n) is 29.7. The molecule has 8 rings (SSSR count). The second-order valence-electron chi connectivity index (χ2n) is 13.8. The van der Waals surface area contributed by atoms with Crippen LogP contribution in [0.4, 0.5) is 0 Å². The van der Waals surface area contributed by atoms with Crippen molar-refractivity contribution < 1.29 is 0 Å². The third kappa shape index (κ3) is 6.30. The normalized spacial score (nSPS) is 13.2. The quantitative estimate of drug-likeness (QED) is 0.121. The molecular weight excluding hydrogens is 826 g/mol. The van der Waals surface area contributed by atoms with E-state index in [1.54, 1.807) is 0 Å². The number of aromatic nitrogens is 2. The first-order valence-electron chi connectivity index (χ1n) is 18.1. The van der Waals surface area contributed by atoms with Gasteiger partial charge in [0, 0.05) is 0 Å². The summed E-state index contributed by atoms with van der Waals surface area (Å²) in [7, 11) is 0. The predicted molar refractivity (Wildman–Crippen MR) is 243 cm³/mol. The van der Waals surface area contributed by atoms with Crippen LogP contribution in [0.1, 0.15) is 11.1 Å². The van der Waals surface area contributed by atoms with Gasteiger partial charge >= 0.3 is 337 Å². The number of rotatable bonds is 11. The molecule has 0 aliphatic carbocycles. The van der Waals surface area contributed by atoms with E-state index in [0.29, 0.717) is 0 Å². The van der Waals surface area contributed by atoms with E-state index in [9.17, 15) is 0 Å². The summed E-state index contributed by atoms with van der Waals surface area (Å²) < 4.78 is 0. The minimum absolute atomic E-state index is 0.778. The Kier molecular flexibility index (Phi) is 10.1. The van der Waals surface area contributed by atoms with Crippen molar-refractivity contribution in [3.05, 3.63) is 230 Å². The second kappa shape index (κ2) is 14.9. The summed E-state index contributed by atoms with van der Waals surface area (Å²) in [4.78, 5) is 10.1. The van der Waals surface area contributed by atoms with Gasteiger partial charge in [-0.1, -0.05) is 0 Å². The van der Waals surface area contributed by atoms with E-state index < -0.39 is 10.6 Å². The van der Waals surface area contributed by atoms with Gasteiger partial charge in [-0.15, -0.1) is 0 Å². The van der Waals surface area contributed by atoms with Gasteiger partial charge < -0.3 is 0 Å². The molecule has 0 aliphatic rings. The molecule has 0 atom stereocenters. The van der Waals surface area contributed by atoms with E-state index >= 15 is 0 Å². The molecule has 2 heterocycles. The Hall–Kier alpha value is -4.56. The summed E-state index contributed by atoms with van der Waals surface area (Å²) in [6.07, 6.45) is 5.63. The second-order valence-corrected chi connectivity index (χ2v) is 31.7. The van der Waals surface area contributed by atoms with E-state index in [0.717, 1.165) is 34.8 Å². The maximum atomic E-state index is 5.04. The Labute approximate surface area is 334 Å².